The van der Waals surface area contributed by atoms with Gasteiger partial charge in [0.15, 0.2) is 0 Å². The van der Waals surface area contributed by atoms with Crippen LogP contribution in [-0.4, -0.2) is 19.0 Å². The summed E-state index contributed by atoms with van der Waals surface area (Å²) in [6, 6.07) is 3.95. The summed E-state index contributed by atoms with van der Waals surface area (Å²) in [4.78, 5) is 11.7. The minimum atomic E-state index is -0.0312. The van der Waals surface area contributed by atoms with Gasteiger partial charge in [0, 0.05) is 8.95 Å². The first-order chi connectivity index (χ1) is 8.54. The summed E-state index contributed by atoms with van der Waals surface area (Å²) in [5.74, 6) is -0.0312. The second-order valence-electron chi connectivity index (χ2n) is 4.18. The molecule has 1 aromatic rings. The van der Waals surface area contributed by atoms with Crippen molar-refractivity contribution < 1.29 is 4.79 Å². The molecule has 0 unspecified atom stereocenters. The minimum absolute atomic E-state index is 0.0312. The lowest BCUT2D eigenvalue weighted by Crippen LogP contribution is -2.28. The number of aryl methyl sites for hydroxylation is 1. The van der Waals surface area contributed by atoms with Crippen LogP contribution in [0.3, 0.4) is 0 Å². The molecule has 0 heterocycles. The Bertz CT molecular complexity index is 398. The molecule has 0 aromatic heterocycles. The van der Waals surface area contributed by atoms with Gasteiger partial charge < -0.3 is 10.6 Å². The molecule has 3 nitrogen and oxygen atoms in total. The Morgan fingerprint density at radius 2 is 1.89 bits per heavy atom. The average molecular weight is 378 g/mol. The highest BCUT2D eigenvalue weighted by Crippen LogP contribution is 2.32. The molecule has 0 saturated heterocycles. The van der Waals surface area contributed by atoms with Gasteiger partial charge >= 0.3 is 0 Å². The number of unbranched alkanes of at least 4 members (excludes halogenated alkanes) is 1. The Hall–Kier alpha value is -0.390. The van der Waals surface area contributed by atoms with Crippen LogP contribution in [0.4, 0.5) is 5.69 Å². The van der Waals surface area contributed by atoms with E-state index in [9.17, 15) is 4.79 Å². The van der Waals surface area contributed by atoms with Gasteiger partial charge in [-0.25, -0.2) is 0 Å². The molecule has 0 bridgehead atoms. The molecular formula is C13H18Br2N2O. The van der Waals surface area contributed by atoms with Crippen molar-refractivity contribution in [3.8, 4) is 0 Å². The minimum Gasteiger partial charge on any atom is -0.323 e. The molecule has 0 atom stereocenters. The van der Waals surface area contributed by atoms with E-state index >= 15 is 0 Å². The Kier molecular flexibility index (Phi) is 6.89. The SMILES string of the molecule is CCCCNCC(=O)Nc1c(Br)cc(C)cc1Br. The summed E-state index contributed by atoms with van der Waals surface area (Å²) in [6.45, 7) is 5.35. The molecule has 0 spiro atoms. The molecule has 0 aliphatic rings. The lowest BCUT2D eigenvalue weighted by molar-refractivity contribution is -0.115. The van der Waals surface area contributed by atoms with Gasteiger partial charge in [-0.05, 0) is 69.4 Å². The van der Waals surface area contributed by atoms with Crippen LogP contribution in [0.25, 0.3) is 0 Å². The second-order valence-corrected chi connectivity index (χ2v) is 5.89. The summed E-state index contributed by atoms with van der Waals surface area (Å²) in [5, 5.41) is 6.00. The topological polar surface area (TPSA) is 41.1 Å². The first kappa shape index (κ1) is 15.7. The zero-order valence-corrected chi connectivity index (χ0v) is 13.8. The molecule has 2 N–H and O–H groups in total. The average Bonchev–Trinajstić information content (AvgIpc) is 2.29. The van der Waals surface area contributed by atoms with Crippen molar-refractivity contribution in [2.75, 3.05) is 18.4 Å². The van der Waals surface area contributed by atoms with Crippen molar-refractivity contribution in [2.45, 2.75) is 26.7 Å². The summed E-state index contributed by atoms with van der Waals surface area (Å²) >= 11 is 6.91. The van der Waals surface area contributed by atoms with Gasteiger partial charge in [0.2, 0.25) is 5.91 Å². The van der Waals surface area contributed by atoms with Crippen LogP contribution < -0.4 is 10.6 Å². The van der Waals surface area contributed by atoms with E-state index in [1.54, 1.807) is 0 Å². The largest absolute Gasteiger partial charge is 0.323 e. The summed E-state index contributed by atoms with van der Waals surface area (Å²) < 4.78 is 1.77. The van der Waals surface area contributed by atoms with E-state index in [1.807, 2.05) is 19.1 Å². The van der Waals surface area contributed by atoms with E-state index in [0.717, 1.165) is 39.6 Å². The molecule has 0 aliphatic heterocycles. The van der Waals surface area contributed by atoms with Gasteiger partial charge in [-0.2, -0.15) is 0 Å². The highest BCUT2D eigenvalue weighted by Gasteiger charge is 2.09. The van der Waals surface area contributed by atoms with Crippen LogP contribution in [0, 0.1) is 6.92 Å². The van der Waals surface area contributed by atoms with Crippen LogP contribution in [-0.2, 0) is 4.79 Å². The number of nitrogens with one attached hydrogen (secondary N) is 2. The van der Waals surface area contributed by atoms with Crippen LogP contribution in [0.5, 0.6) is 0 Å². The maximum absolute atomic E-state index is 11.7. The molecule has 0 radical (unpaired) electrons. The highest BCUT2D eigenvalue weighted by molar-refractivity contribution is 9.11. The van der Waals surface area contributed by atoms with Gasteiger partial charge in [0.25, 0.3) is 0 Å². The van der Waals surface area contributed by atoms with E-state index in [0.29, 0.717) is 6.54 Å². The Morgan fingerprint density at radius 1 is 1.28 bits per heavy atom. The lowest BCUT2D eigenvalue weighted by atomic mass is 10.2. The number of halogens is 2. The molecule has 0 fully saturated rings. The quantitative estimate of drug-likeness (QED) is 0.739. The number of benzene rings is 1. The molecule has 18 heavy (non-hydrogen) atoms. The molecule has 1 aromatic carbocycles. The molecular weight excluding hydrogens is 360 g/mol. The maximum Gasteiger partial charge on any atom is 0.238 e. The fraction of sp³-hybridized carbons (Fsp3) is 0.462. The molecule has 100 valence electrons. The zero-order chi connectivity index (χ0) is 13.5. The van der Waals surface area contributed by atoms with Crippen molar-refractivity contribution in [1.82, 2.24) is 5.32 Å². The van der Waals surface area contributed by atoms with Gasteiger partial charge in [-0.15, -0.1) is 0 Å². The molecule has 1 rings (SSSR count). The second kappa shape index (κ2) is 7.92. The summed E-state index contributed by atoms with van der Waals surface area (Å²) in [7, 11) is 0. The summed E-state index contributed by atoms with van der Waals surface area (Å²) in [5.41, 5.74) is 1.91. The monoisotopic (exact) mass is 376 g/mol. The first-order valence-corrected chi connectivity index (χ1v) is 7.59. The van der Waals surface area contributed by atoms with E-state index in [4.69, 9.17) is 0 Å². The maximum atomic E-state index is 11.7. The number of carbonyl (C=O) groups excluding carboxylic acids is 1. The van der Waals surface area contributed by atoms with Crippen LogP contribution in [0.2, 0.25) is 0 Å². The Balaban J connectivity index is 2.54. The number of hydrogen-bond acceptors (Lipinski definition) is 2. The molecule has 5 heteroatoms. The van der Waals surface area contributed by atoms with E-state index in [-0.39, 0.29) is 5.91 Å². The third-order valence-corrected chi connectivity index (χ3v) is 3.69. The van der Waals surface area contributed by atoms with Crippen LogP contribution in [0.1, 0.15) is 25.3 Å². The third-order valence-electron chi connectivity index (χ3n) is 2.44. The van der Waals surface area contributed by atoms with Crippen LogP contribution >= 0.6 is 31.9 Å². The Labute approximate surface area is 125 Å². The summed E-state index contributed by atoms with van der Waals surface area (Å²) in [6.07, 6.45) is 2.22. The van der Waals surface area contributed by atoms with Gasteiger partial charge in [-0.1, -0.05) is 13.3 Å². The fourth-order valence-electron chi connectivity index (χ4n) is 1.51. The normalized spacial score (nSPS) is 10.4. The van der Waals surface area contributed by atoms with Crippen LogP contribution in [0.15, 0.2) is 21.1 Å². The predicted molar refractivity (Wildman–Crippen MR) is 83.0 cm³/mol. The third kappa shape index (κ3) is 5.08. The van der Waals surface area contributed by atoms with E-state index < -0.39 is 0 Å². The zero-order valence-electron chi connectivity index (χ0n) is 10.6. The predicted octanol–water partition coefficient (Wildman–Crippen LogP) is 3.85. The van der Waals surface area contributed by atoms with Crippen molar-refractivity contribution >= 4 is 43.5 Å². The number of rotatable bonds is 6. The number of amides is 1. The van der Waals surface area contributed by atoms with E-state index in [2.05, 4.69) is 49.4 Å². The molecule has 0 aliphatic carbocycles. The number of hydrogen-bond donors (Lipinski definition) is 2. The Morgan fingerprint density at radius 3 is 2.44 bits per heavy atom. The number of carbonyl (C=O) groups is 1. The fourth-order valence-corrected chi connectivity index (χ4v) is 3.12. The molecule has 0 saturated carbocycles. The smallest absolute Gasteiger partial charge is 0.238 e. The lowest BCUT2D eigenvalue weighted by Gasteiger charge is -2.11. The van der Waals surface area contributed by atoms with Crippen molar-refractivity contribution in [2.24, 2.45) is 0 Å². The first-order valence-electron chi connectivity index (χ1n) is 6.00. The van der Waals surface area contributed by atoms with Crippen molar-refractivity contribution in [3.63, 3.8) is 0 Å². The molecule has 1 amide bonds. The highest BCUT2D eigenvalue weighted by atomic mass is 79.9. The van der Waals surface area contributed by atoms with Gasteiger partial charge in [0.05, 0.1) is 12.2 Å². The van der Waals surface area contributed by atoms with Gasteiger partial charge in [0.1, 0.15) is 0 Å². The number of anilines is 1. The standard InChI is InChI=1S/C13H18Br2N2O/c1-3-4-5-16-8-12(18)17-13-10(14)6-9(2)7-11(13)15/h6-7,16H,3-5,8H2,1-2H3,(H,17,18). The van der Waals surface area contributed by atoms with Crippen molar-refractivity contribution in [1.29, 1.82) is 0 Å². The van der Waals surface area contributed by atoms with E-state index in [1.165, 1.54) is 0 Å². The van der Waals surface area contributed by atoms with Crippen molar-refractivity contribution in [3.05, 3.63) is 26.6 Å². The van der Waals surface area contributed by atoms with Gasteiger partial charge in [-0.3, -0.25) is 4.79 Å².